The lowest BCUT2D eigenvalue weighted by Crippen LogP contribution is -2.38. The fraction of sp³-hybridized carbons (Fsp3) is 0.429. The van der Waals surface area contributed by atoms with Crippen LogP contribution in [0.4, 0.5) is 8.78 Å². The first-order chi connectivity index (χ1) is 28.4. The third-order valence-electron chi connectivity index (χ3n) is 12.0. The van der Waals surface area contributed by atoms with Crippen LogP contribution in [0.15, 0.2) is 53.1 Å². The fourth-order valence-electron chi connectivity index (χ4n) is 8.83. The number of hydrogen-bond donors (Lipinski definition) is 2. The van der Waals surface area contributed by atoms with E-state index in [4.69, 9.17) is 35.5 Å². The van der Waals surface area contributed by atoms with Crippen LogP contribution < -0.4 is 14.2 Å². The molecule has 0 spiro atoms. The summed E-state index contributed by atoms with van der Waals surface area (Å²) in [6, 6.07) is 12.9. The second-order valence-corrected chi connectivity index (χ2v) is 18.1. The Balaban J connectivity index is 1.01. The summed E-state index contributed by atoms with van der Waals surface area (Å²) in [6.07, 6.45) is 4.67. The summed E-state index contributed by atoms with van der Waals surface area (Å²) in [5.74, 6) is -0.463. The Kier molecular flexibility index (Phi) is 10.6. The van der Waals surface area contributed by atoms with E-state index in [1.54, 1.807) is 13.3 Å². The summed E-state index contributed by atoms with van der Waals surface area (Å²) in [5, 5.41) is 9.91. The molecule has 2 aliphatic carbocycles. The van der Waals surface area contributed by atoms with E-state index in [0.717, 1.165) is 28.8 Å². The highest BCUT2D eigenvalue weighted by Crippen LogP contribution is 2.48. The van der Waals surface area contributed by atoms with E-state index in [-0.39, 0.29) is 29.4 Å². The Morgan fingerprint density at radius 1 is 1.03 bits per heavy atom. The number of aliphatic hydroxyl groups is 1. The zero-order valence-corrected chi connectivity index (χ0v) is 34.0. The van der Waals surface area contributed by atoms with Gasteiger partial charge in [0, 0.05) is 54.5 Å². The van der Waals surface area contributed by atoms with Crippen LogP contribution in [0.1, 0.15) is 60.5 Å². The number of sulfonamides is 1. The Morgan fingerprint density at radius 2 is 1.80 bits per heavy atom. The highest BCUT2D eigenvalue weighted by Gasteiger charge is 2.42. The summed E-state index contributed by atoms with van der Waals surface area (Å²) in [7, 11) is -2.12. The van der Waals surface area contributed by atoms with Crippen molar-refractivity contribution in [1.29, 1.82) is 0 Å². The molecular weight excluding hydrogens is 806 g/mol. The van der Waals surface area contributed by atoms with Gasteiger partial charge in [-0.05, 0) is 80.8 Å². The van der Waals surface area contributed by atoms with Gasteiger partial charge in [0.2, 0.25) is 27.7 Å². The molecule has 5 aromatic rings. The molecular formula is C42H43ClF2N6O7S. The number of nitrogens with one attached hydrogen (secondary N) is 1. The molecule has 1 saturated carbocycles. The molecule has 3 atom stereocenters. The normalized spacial score (nSPS) is 21.1. The summed E-state index contributed by atoms with van der Waals surface area (Å²) < 4.78 is 72.2. The number of aliphatic hydroxyl groups excluding tert-OH is 1. The van der Waals surface area contributed by atoms with Gasteiger partial charge in [0.05, 0.1) is 41.3 Å². The molecule has 2 saturated heterocycles. The first-order valence-electron chi connectivity index (χ1n) is 19.8. The smallest absolute Gasteiger partial charge is 0.387 e. The van der Waals surface area contributed by atoms with Crippen molar-refractivity contribution >= 4 is 38.6 Å². The van der Waals surface area contributed by atoms with Crippen LogP contribution >= 0.6 is 11.6 Å². The van der Waals surface area contributed by atoms with Gasteiger partial charge in [-0.15, -0.1) is 0 Å². The summed E-state index contributed by atoms with van der Waals surface area (Å²) in [6.45, 7) is 1.52. The van der Waals surface area contributed by atoms with E-state index in [1.165, 1.54) is 0 Å². The van der Waals surface area contributed by atoms with Gasteiger partial charge in [-0.2, -0.15) is 8.78 Å². The number of amides is 1. The Morgan fingerprint density at radius 3 is 2.53 bits per heavy atom. The van der Waals surface area contributed by atoms with Gasteiger partial charge < -0.3 is 19.0 Å². The summed E-state index contributed by atoms with van der Waals surface area (Å²) in [5.41, 5.74) is 6.63. The number of oxazole rings is 1. The minimum Gasteiger partial charge on any atom is -0.480 e. The minimum atomic E-state index is -3.66. The molecule has 310 valence electrons. The summed E-state index contributed by atoms with van der Waals surface area (Å²) >= 11 is 7.14. The quantitative estimate of drug-likeness (QED) is 0.137. The van der Waals surface area contributed by atoms with Crippen LogP contribution in [0.5, 0.6) is 11.6 Å². The molecule has 4 heterocycles. The zero-order valence-electron chi connectivity index (χ0n) is 32.5. The monoisotopic (exact) mass is 848 g/mol. The minimum absolute atomic E-state index is 0.0529. The Hall–Kier alpha value is -4.74. The lowest BCUT2D eigenvalue weighted by atomic mass is 9.94. The van der Waals surface area contributed by atoms with Crippen LogP contribution in [-0.4, -0.2) is 95.4 Å². The number of fused-ring (bicyclic) bond motifs is 2. The first-order valence-corrected chi connectivity index (χ1v) is 21.7. The number of hydrogen-bond acceptors (Lipinski definition) is 12. The number of halogens is 3. The van der Waals surface area contributed by atoms with Crippen LogP contribution in [0.2, 0.25) is 5.02 Å². The topological polar surface area (TPSA) is 160 Å². The SMILES string of the molecule is COc1nc(-c2cccc(-c3cccc(-c4nc5cc6c(c(OC(F)F)c5o4)CC[C@H]6N4CC[C@@H](C(=O)NS(=O)(=O)C5CC5)C4)c3C)c2Cl)cnc1CN1CC[C@@H](O)C1. The maximum atomic E-state index is 14.0. The van der Waals surface area contributed by atoms with Crippen molar-refractivity contribution in [2.24, 2.45) is 5.92 Å². The number of nitrogens with zero attached hydrogens (tertiary/aromatic N) is 5. The molecule has 3 aromatic carbocycles. The van der Waals surface area contributed by atoms with Gasteiger partial charge in [0.1, 0.15) is 11.2 Å². The number of methoxy groups -OCH3 is 1. The largest absolute Gasteiger partial charge is 0.480 e. The predicted molar refractivity (Wildman–Crippen MR) is 216 cm³/mol. The fourth-order valence-corrected chi connectivity index (χ4v) is 10.5. The number of carbonyl (C=O) groups excluding carboxylic acids is 1. The van der Waals surface area contributed by atoms with Crippen molar-refractivity contribution in [2.75, 3.05) is 33.3 Å². The molecule has 2 N–H and O–H groups in total. The van der Waals surface area contributed by atoms with Crippen LogP contribution in [0, 0.1) is 12.8 Å². The second kappa shape index (κ2) is 15.7. The third-order valence-corrected chi connectivity index (χ3v) is 14.2. The van der Waals surface area contributed by atoms with E-state index < -0.39 is 33.7 Å². The lowest BCUT2D eigenvalue weighted by molar-refractivity contribution is -0.122. The van der Waals surface area contributed by atoms with Gasteiger partial charge in [-0.3, -0.25) is 24.3 Å². The van der Waals surface area contributed by atoms with Gasteiger partial charge in [-0.25, -0.2) is 18.4 Å². The molecule has 2 aromatic heterocycles. The lowest BCUT2D eigenvalue weighted by Gasteiger charge is -2.25. The third kappa shape index (κ3) is 7.65. The van der Waals surface area contributed by atoms with Crippen molar-refractivity contribution in [2.45, 2.75) is 76.0 Å². The van der Waals surface area contributed by atoms with Crippen LogP contribution in [0.25, 0.3) is 44.9 Å². The second-order valence-electron chi connectivity index (χ2n) is 15.8. The first kappa shape index (κ1) is 39.7. The number of β-amino-alcohol motifs (C(OH)–C–C–N with tert-alkyl or cyclic N) is 1. The van der Waals surface area contributed by atoms with Crippen molar-refractivity contribution in [1.82, 2.24) is 29.5 Å². The van der Waals surface area contributed by atoms with Gasteiger partial charge in [0.15, 0.2) is 11.3 Å². The highest BCUT2D eigenvalue weighted by molar-refractivity contribution is 7.90. The van der Waals surface area contributed by atoms with Crippen molar-refractivity contribution in [3.8, 4) is 45.5 Å². The van der Waals surface area contributed by atoms with E-state index in [0.29, 0.717) is 109 Å². The number of aromatic nitrogens is 3. The Labute approximate surface area is 344 Å². The standard InChI is InChI=1S/C42H43ClF2N6O7S/c1-22-26(28-7-4-8-30(36(28)43)33-18-46-34(41(48-33)56-2)21-50-15-14-24(52)20-50)5-3-6-27(22)40-47-32-17-31-29(37(38(32)57-40)58-42(44)45)11-12-35(31)51-16-13-23(19-51)39(53)49-59(54,55)25-9-10-25/h3-8,17-18,23-25,35,42,52H,9-16,19-21H2,1-2H3,(H,49,53)/t23-,24-,35-/m1/s1. The summed E-state index contributed by atoms with van der Waals surface area (Å²) in [4.78, 5) is 31.4. The van der Waals surface area contributed by atoms with E-state index in [2.05, 4.69) is 19.5 Å². The molecule has 2 aliphatic heterocycles. The predicted octanol–water partition coefficient (Wildman–Crippen LogP) is 6.67. The van der Waals surface area contributed by atoms with E-state index >= 15 is 0 Å². The molecule has 0 radical (unpaired) electrons. The van der Waals surface area contributed by atoms with Gasteiger partial charge in [-0.1, -0.05) is 41.9 Å². The number of ether oxygens (including phenoxy) is 2. The number of carbonyl (C=O) groups is 1. The number of rotatable bonds is 12. The average Bonchev–Trinajstić information content (AvgIpc) is 3.48. The van der Waals surface area contributed by atoms with Gasteiger partial charge in [0.25, 0.3) is 0 Å². The highest BCUT2D eigenvalue weighted by atomic mass is 35.5. The van der Waals surface area contributed by atoms with E-state index in [9.17, 15) is 27.1 Å². The maximum Gasteiger partial charge on any atom is 0.387 e. The molecule has 13 nitrogen and oxygen atoms in total. The zero-order chi connectivity index (χ0) is 41.2. The van der Waals surface area contributed by atoms with E-state index in [1.807, 2.05) is 49.4 Å². The molecule has 0 bridgehead atoms. The molecule has 1 amide bonds. The molecule has 4 aliphatic rings. The van der Waals surface area contributed by atoms with Crippen LogP contribution in [-0.2, 0) is 27.8 Å². The van der Waals surface area contributed by atoms with Gasteiger partial charge >= 0.3 is 6.61 Å². The number of likely N-dealkylation sites (tertiary alicyclic amines) is 2. The molecule has 9 rings (SSSR count). The van der Waals surface area contributed by atoms with Crippen LogP contribution in [0.3, 0.4) is 0 Å². The Bertz CT molecular complexity index is 2570. The molecule has 59 heavy (non-hydrogen) atoms. The maximum absolute atomic E-state index is 14.0. The molecule has 17 heteroatoms. The average molecular weight is 849 g/mol. The van der Waals surface area contributed by atoms with Crippen molar-refractivity contribution < 1.29 is 41.0 Å². The molecule has 3 fully saturated rings. The van der Waals surface area contributed by atoms with Crippen molar-refractivity contribution in [3.05, 3.63) is 76.1 Å². The van der Waals surface area contributed by atoms with Crippen molar-refractivity contribution in [3.63, 3.8) is 0 Å². The number of benzene rings is 3. The number of alkyl halides is 2. The molecule has 0 unspecified atom stereocenters.